The zero-order valence-electron chi connectivity index (χ0n) is 5.40. The summed E-state index contributed by atoms with van der Waals surface area (Å²) < 4.78 is 0. The Bertz CT molecular complexity index is 188. The van der Waals surface area contributed by atoms with E-state index in [-0.39, 0.29) is 0 Å². The summed E-state index contributed by atoms with van der Waals surface area (Å²) in [6, 6.07) is 5.06. The van der Waals surface area contributed by atoms with Gasteiger partial charge in [0, 0.05) is 6.20 Å². The van der Waals surface area contributed by atoms with E-state index in [0.29, 0.717) is 5.69 Å². The summed E-state index contributed by atoms with van der Waals surface area (Å²) in [5.41, 5.74) is 0.394. The molecule has 3 heteroatoms. The monoisotopic (exact) mass is 138 g/mol. The minimum absolute atomic E-state index is 0.392. The molecule has 1 rings (SSSR count). The summed E-state index contributed by atoms with van der Waals surface area (Å²) >= 11 is 0. The Hall–Kier alpha value is -0.930. The first kappa shape index (κ1) is 7.18. The summed E-state index contributed by atoms with van der Waals surface area (Å²) in [5.74, 6) is 0. The van der Waals surface area contributed by atoms with Gasteiger partial charge in [-0.25, -0.2) is 5.11 Å². The van der Waals surface area contributed by atoms with Crippen molar-refractivity contribution < 1.29 is 10.2 Å². The van der Waals surface area contributed by atoms with Crippen LogP contribution in [0, 0.1) is 0 Å². The highest BCUT2D eigenvalue weighted by Gasteiger charge is 2.06. The molecule has 0 spiro atoms. The Labute approximate surface area is 59.0 Å². The van der Waals surface area contributed by atoms with Crippen LogP contribution in [-0.4, -0.2) is 16.7 Å². The predicted octanol–water partition coefficient (Wildman–Crippen LogP) is 0.545. The van der Waals surface area contributed by atoms with Gasteiger partial charge in [-0.1, -0.05) is 6.07 Å². The van der Waals surface area contributed by atoms with E-state index in [1.807, 2.05) is 0 Å². The summed E-state index contributed by atoms with van der Waals surface area (Å²) in [7, 11) is 0. The highest BCUT2D eigenvalue weighted by Crippen LogP contribution is 2.06. The molecule has 1 N–H and O–H groups in total. The van der Waals surface area contributed by atoms with Gasteiger partial charge in [0.25, 0.3) is 0 Å². The van der Waals surface area contributed by atoms with Gasteiger partial charge < -0.3 is 5.11 Å². The molecule has 1 aromatic rings. The van der Waals surface area contributed by atoms with Crippen molar-refractivity contribution >= 4 is 0 Å². The Morgan fingerprint density at radius 2 is 2.40 bits per heavy atom. The molecule has 0 fully saturated rings. The standard InChI is InChI=1S/C7H8NO2/c9-5-7(10)6-3-1-2-4-8-6/h1-4,7,9H,5H2. The lowest BCUT2D eigenvalue weighted by atomic mass is 10.2. The molecule has 1 radical (unpaired) electrons. The van der Waals surface area contributed by atoms with Crippen LogP contribution in [0.25, 0.3) is 0 Å². The zero-order valence-corrected chi connectivity index (χ0v) is 5.40. The van der Waals surface area contributed by atoms with Crippen LogP contribution in [-0.2, 0) is 5.11 Å². The van der Waals surface area contributed by atoms with E-state index in [4.69, 9.17) is 5.11 Å². The number of hydrogen-bond acceptors (Lipinski definition) is 2. The van der Waals surface area contributed by atoms with E-state index >= 15 is 0 Å². The van der Waals surface area contributed by atoms with Crippen molar-refractivity contribution in [2.75, 3.05) is 6.61 Å². The number of nitrogens with zero attached hydrogens (tertiary/aromatic N) is 1. The molecule has 0 saturated carbocycles. The Morgan fingerprint density at radius 3 is 2.90 bits per heavy atom. The topological polar surface area (TPSA) is 53.0 Å². The van der Waals surface area contributed by atoms with E-state index < -0.39 is 12.7 Å². The quantitative estimate of drug-likeness (QED) is 0.648. The van der Waals surface area contributed by atoms with Crippen LogP contribution in [0.1, 0.15) is 11.8 Å². The lowest BCUT2D eigenvalue weighted by Gasteiger charge is -2.00. The molecule has 0 aliphatic carbocycles. The molecule has 0 aromatic carbocycles. The van der Waals surface area contributed by atoms with Gasteiger partial charge in [0.2, 0.25) is 0 Å². The smallest absolute Gasteiger partial charge is 0.158 e. The number of aromatic nitrogens is 1. The first-order chi connectivity index (χ1) is 4.84. The third kappa shape index (κ3) is 1.52. The fourth-order valence-corrected chi connectivity index (χ4v) is 0.660. The number of aliphatic hydroxyl groups excluding tert-OH is 1. The molecule has 10 heavy (non-hydrogen) atoms. The molecule has 0 aliphatic heterocycles. The second kappa shape index (κ2) is 3.29. The third-order valence-electron chi connectivity index (χ3n) is 1.18. The van der Waals surface area contributed by atoms with Crippen LogP contribution in [0.3, 0.4) is 0 Å². The molecule has 1 heterocycles. The molecule has 0 saturated heterocycles. The minimum atomic E-state index is -1.10. The molecule has 0 aliphatic rings. The van der Waals surface area contributed by atoms with Gasteiger partial charge in [0.15, 0.2) is 6.10 Å². The van der Waals surface area contributed by atoms with Crippen molar-refractivity contribution in [1.82, 2.24) is 4.98 Å². The van der Waals surface area contributed by atoms with Gasteiger partial charge in [-0.2, -0.15) is 0 Å². The molecule has 0 bridgehead atoms. The van der Waals surface area contributed by atoms with Crippen molar-refractivity contribution in [2.24, 2.45) is 0 Å². The second-order valence-corrected chi connectivity index (χ2v) is 1.93. The Morgan fingerprint density at radius 1 is 1.60 bits per heavy atom. The van der Waals surface area contributed by atoms with Crippen LogP contribution in [0.2, 0.25) is 0 Å². The van der Waals surface area contributed by atoms with Crippen LogP contribution < -0.4 is 0 Å². The van der Waals surface area contributed by atoms with Gasteiger partial charge in [0.05, 0.1) is 12.3 Å². The zero-order chi connectivity index (χ0) is 7.40. The summed E-state index contributed by atoms with van der Waals surface area (Å²) in [6.45, 7) is -0.392. The molecule has 0 amide bonds. The fourth-order valence-electron chi connectivity index (χ4n) is 0.660. The first-order valence-corrected chi connectivity index (χ1v) is 3.02. The maximum Gasteiger partial charge on any atom is 0.158 e. The normalized spacial score (nSPS) is 13.0. The summed E-state index contributed by atoms with van der Waals surface area (Å²) in [6.07, 6.45) is 0.441. The van der Waals surface area contributed by atoms with Crippen molar-refractivity contribution in [3.8, 4) is 0 Å². The van der Waals surface area contributed by atoms with Crippen molar-refractivity contribution in [3.05, 3.63) is 30.1 Å². The number of pyridine rings is 1. The van der Waals surface area contributed by atoms with Gasteiger partial charge in [0.1, 0.15) is 0 Å². The van der Waals surface area contributed by atoms with E-state index in [1.54, 1.807) is 18.2 Å². The molecular weight excluding hydrogens is 130 g/mol. The summed E-state index contributed by atoms with van der Waals surface area (Å²) in [5, 5.41) is 19.2. The lowest BCUT2D eigenvalue weighted by molar-refractivity contribution is 0.0311. The van der Waals surface area contributed by atoms with Crippen molar-refractivity contribution in [2.45, 2.75) is 6.10 Å². The number of rotatable bonds is 2. The Kier molecular flexibility index (Phi) is 2.36. The SMILES string of the molecule is [O]C(CO)c1ccccn1. The van der Waals surface area contributed by atoms with Crippen molar-refractivity contribution in [3.63, 3.8) is 0 Å². The Balaban J connectivity index is 2.75. The van der Waals surface area contributed by atoms with Crippen LogP contribution >= 0.6 is 0 Å². The molecule has 1 unspecified atom stereocenters. The van der Waals surface area contributed by atoms with Crippen LogP contribution in [0.15, 0.2) is 24.4 Å². The van der Waals surface area contributed by atoms with Gasteiger partial charge in [-0.3, -0.25) is 4.98 Å². The maximum absolute atomic E-state index is 10.8. The molecule has 3 nitrogen and oxygen atoms in total. The van der Waals surface area contributed by atoms with Gasteiger partial charge in [-0.15, -0.1) is 0 Å². The van der Waals surface area contributed by atoms with E-state index in [1.165, 1.54) is 6.20 Å². The van der Waals surface area contributed by atoms with Crippen LogP contribution in [0.5, 0.6) is 0 Å². The van der Waals surface area contributed by atoms with Crippen LogP contribution in [0.4, 0.5) is 0 Å². The average Bonchev–Trinajstić information content (AvgIpc) is 2.05. The molecule has 1 atom stereocenters. The second-order valence-electron chi connectivity index (χ2n) is 1.93. The number of hydrogen-bond donors (Lipinski definition) is 1. The van der Waals surface area contributed by atoms with Gasteiger partial charge >= 0.3 is 0 Å². The first-order valence-electron chi connectivity index (χ1n) is 3.02. The van der Waals surface area contributed by atoms with E-state index in [0.717, 1.165) is 0 Å². The highest BCUT2D eigenvalue weighted by atomic mass is 16.3. The highest BCUT2D eigenvalue weighted by molar-refractivity contribution is 5.06. The van der Waals surface area contributed by atoms with Crippen molar-refractivity contribution in [1.29, 1.82) is 0 Å². The average molecular weight is 138 g/mol. The summed E-state index contributed by atoms with van der Waals surface area (Å²) in [4.78, 5) is 3.78. The molecular formula is C7H8NO2. The predicted molar refractivity (Wildman–Crippen MR) is 34.8 cm³/mol. The molecule has 1 aromatic heterocycles. The fraction of sp³-hybridized carbons (Fsp3) is 0.286. The largest absolute Gasteiger partial charge is 0.393 e. The minimum Gasteiger partial charge on any atom is -0.393 e. The molecule has 53 valence electrons. The number of aliphatic hydroxyl groups is 1. The lowest BCUT2D eigenvalue weighted by Crippen LogP contribution is -2.02. The van der Waals surface area contributed by atoms with E-state index in [9.17, 15) is 5.11 Å². The van der Waals surface area contributed by atoms with E-state index in [2.05, 4.69) is 4.98 Å². The van der Waals surface area contributed by atoms with Gasteiger partial charge in [-0.05, 0) is 12.1 Å². The maximum atomic E-state index is 10.8. The third-order valence-corrected chi connectivity index (χ3v) is 1.18.